The van der Waals surface area contributed by atoms with Crippen LogP contribution >= 0.6 is 0 Å². The number of amides is 1. The van der Waals surface area contributed by atoms with Gasteiger partial charge in [-0.15, -0.1) is 0 Å². The van der Waals surface area contributed by atoms with Crippen LogP contribution in [0.3, 0.4) is 0 Å². The second-order valence-electron chi connectivity index (χ2n) is 5.12. The molecule has 0 saturated carbocycles. The number of nitrogens with two attached hydrogens (primary N) is 1. The first kappa shape index (κ1) is 15.5. The van der Waals surface area contributed by atoms with Crippen molar-refractivity contribution in [3.63, 3.8) is 0 Å². The predicted molar refractivity (Wildman–Crippen MR) is 81.1 cm³/mol. The van der Waals surface area contributed by atoms with Gasteiger partial charge >= 0.3 is 0 Å². The molecule has 0 bridgehead atoms. The maximum atomic E-state index is 12.2. The summed E-state index contributed by atoms with van der Waals surface area (Å²) in [6, 6.07) is 7.42. The highest BCUT2D eigenvalue weighted by Gasteiger charge is 2.22. The van der Waals surface area contributed by atoms with Crippen molar-refractivity contribution >= 4 is 17.3 Å². The van der Waals surface area contributed by atoms with Crippen LogP contribution in [0.25, 0.3) is 0 Å². The molecule has 0 saturated heterocycles. The Morgan fingerprint density at radius 1 is 1.26 bits per heavy atom. The Morgan fingerprint density at radius 2 is 1.84 bits per heavy atom. The minimum Gasteiger partial charge on any atom is -0.399 e. The topological polar surface area (TPSA) is 58.4 Å². The second-order valence-corrected chi connectivity index (χ2v) is 5.12. The Hall–Kier alpha value is -1.55. The van der Waals surface area contributed by atoms with Gasteiger partial charge in [0.1, 0.15) is 0 Å². The quantitative estimate of drug-likeness (QED) is 0.776. The van der Waals surface area contributed by atoms with Gasteiger partial charge in [0.05, 0.1) is 6.04 Å². The van der Waals surface area contributed by atoms with Crippen LogP contribution in [0.2, 0.25) is 0 Å². The highest BCUT2D eigenvalue weighted by atomic mass is 16.2. The average Bonchev–Trinajstić information content (AvgIpc) is 2.37. The third-order valence-electron chi connectivity index (χ3n) is 3.20. The first-order chi connectivity index (χ1) is 8.95. The summed E-state index contributed by atoms with van der Waals surface area (Å²) in [6.45, 7) is 9.22. The number of benzene rings is 1. The highest BCUT2D eigenvalue weighted by Crippen LogP contribution is 2.13. The summed E-state index contributed by atoms with van der Waals surface area (Å²) in [5.41, 5.74) is 7.10. The summed E-state index contributed by atoms with van der Waals surface area (Å²) in [6.07, 6.45) is 1.04. The average molecular weight is 263 g/mol. The molecule has 1 amide bonds. The molecule has 19 heavy (non-hydrogen) atoms. The van der Waals surface area contributed by atoms with E-state index < -0.39 is 0 Å². The van der Waals surface area contributed by atoms with Gasteiger partial charge in [-0.2, -0.15) is 0 Å². The number of carbonyl (C=O) groups excluding carboxylic acids is 1. The third-order valence-corrected chi connectivity index (χ3v) is 3.20. The van der Waals surface area contributed by atoms with Crippen molar-refractivity contribution < 1.29 is 4.79 Å². The summed E-state index contributed by atoms with van der Waals surface area (Å²) in [5, 5.41) is 2.93. The molecule has 1 rings (SSSR count). The number of rotatable bonds is 6. The van der Waals surface area contributed by atoms with Crippen molar-refractivity contribution in [1.29, 1.82) is 0 Å². The Morgan fingerprint density at radius 3 is 2.32 bits per heavy atom. The maximum Gasteiger partial charge on any atom is 0.241 e. The van der Waals surface area contributed by atoms with Crippen molar-refractivity contribution in [3.8, 4) is 0 Å². The van der Waals surface area contributed by atoms with E-state index >= 15 is 0 Å². The maximum absolute atomic E-state index is 12.2. The SMILES string of the molecule is CCCN(C(C)C)C(C)C(=O)Nc1ccc(N)cc1. The first-order valence-electron chi connectivity index (χ1n) is 6.87. The number of nitrogen functional groups attached to an aromatic ring is 1. The van der Waals surface area contributed by atoms with E-state index in [4.69, 9.17) is 5.73 Å². The summed E-state index contributed by atoms with van der Waals surface area (Å²) in [4.78, 5) is 14.4. The number of carbonyl (C=O) groups is 1. The van der Waals surface area contributed by atoms with Crippen molar-refractivity contribution in [2.24, 2.45) is 0 Å². The van der Waals surface area contributed by atoms with Crippen molar-refractivity contribution in [2.45, 2.75) is 46.2 Å². The Bertz CT molecular complexity index is 400. The van der Waals surface area contributed by atoms with Gasteiger partial charge < -0.3 is 11.1 Å². The molecule has 0 heterocycles. The summed E-state index contributed by atoms with van der Waals surface area (Å²) in [5.74, 6) is 0.0203. The molecule has 1 aromatic rings. The molecule has 0 aromatic heterocycles. The normalized spacial score (nSPS) is 12.7. The van der Waals surface area contributed by atoms with E-state index in [0.29, 0.717) is 11.7 Å². The Balaban J connectivity index is 2.67. The van der Waals surface area contributed by atoms with E-state index in [9.17, 15) is 4.79 Å². The number of hydrogen-bond donors (Lipinski definition) is 2. The molecule has 106 valence electrons. The minimum absolute atomic E-state index is 0.0203. The fraction of sp³-hybridized carbons (Fsp3) is 0.533. The van der Waals surface area contributed by atoms with Gasteiger partial charge in [-0.05, 0) is 58.0 Å². The van der Waals surface area contributed by atoms with Gasteiger partial charge in [-0.1, -0.05) is 6.92 Å². The van der Waals surface area contributed by atoms with Crippen LogP contribution < -0.4 is 11.1 Å². The lowest BCUT2D eigenvalue weighted by Gasteiger charge is -2.31. The van der Waals surface area contributed by atoms with E-state index in [-0.39, 0.29) is 11.9 Å². The van der Waals surface area contributed by atoms with Crippen LogP contribution in [0.5, 0.6) is 0 Å². The van der Waals surface area contributed by atoms with Crippen molar-refractivity contribution in [1.82, 2.24) is 4.90 Å². The van der Waals surface area contributed by atoms with E-state index in [1.54, 1.807) is 12.1 Å². The fourth-order valence-corrected chi connectivity index (χ4v) is 2.12. The fourth-order valence-electron chi connectivity index (χ4n) is 2.12. The zero-order valence-corrected chi connectivity index (χ0v) is 12.3. The molecule has 0 aliphatic rings. The molecular formula is C15H25N3O. The number of hydrogen-bond acceptors (Lipinski definition) is 3. The van der Waals surface area contributed by atoms with Crippen LogP contribution in [-0.2, 0) is 4.79 Å². The largest absolute Gasteiger partial charge is 0.399 e. The lowest BCUT2D eigenvalue weighted by molar-refractivity contribution is -0.121. The molecule has 1 atom stereocenters. The summed E-state index contributed by atoms with van der Waals surface area (Å²) < 4.78 is 0. The highest BCUT2D eigenvalue weighted by molar-refractivity contribution is 5.94. The van der Waals surface area contributed by atoms with Crippen LogP contribution in [-0.4, -0.2) is 29.4 Å². The van der Waals surface area contributed by atoms with Crippen LogP contribution in [0.4, 0.5) is 11.4 Å². The minimum atomic E-state index is -0.141. The number of anilines is 2. The van der Waals surface area contributed by atoms with Crippen LogP contribution in [0, 0.1) is 0 Å². The molecule has 3 N–H and O–H groups in total. The lowest BCUT2D eigenvalue weighted by Crippen LogP contribution is -2.46. The summed E-state index contributed by atoms with van der Waals surface area (Å²) >= 11 is 0. The van der Waals surface area contributed by atoms with E-state index in [1.165, 1.54) is 0 Å². The molecule has 4 heteroatoms. The van der Waals surface area contributed by atoms with Crippen molar-refractivity contribution in [2.75, 3.05) is 17.6 Å². The van der Waals surface area contributed by atoms with E-state index in [2.05, 4.69) is 31.0 Å². The Labute approximate surface area is 116 Å². The van der Waals surface area contributed by atoms with E-state index in [0.717, 1.165) is 18.7 Å². The van der Waals surface area contributed by atoms with Gasteiger partial charge in [0.15, 0.2) is 0 Å². The number of nitrogens with zero attached hydrogens (tertiary/aromatic N) is 1. The molecule has 0 spiro atoms. The van der Waals surface area contributed by atoms with Gasteiger partial charge in [0, 0.05) is 17.4 Å². The molecule has 0 radical (unpaired) electrons. The van der Waals surface area contributed by atoms with Crippen LogP contribution in [0.1, 0.15) is 34.1 Å². The van der Waals surface area contributed by atoms with Gasteiger partial charge in [-0.25, -0.2) is 0 Å². The molecule has 4 nitrogen and oxygen atoms in total. The molecule has 1 aromatic carbocycles. The van der Waals surface area contributed by atoms with Crippen LogP contribution in [0.15, 0.2) is 24.3 Å². The molecule has 0 fully saturated rings. The van der Waals surface area contributed by atoms with Crippen molar-refractivity contribution in [3.05, 3.63) is 24.3 Å². The van der Waals surface area contributed by atoms with Gasteiger partial charge in [0.2, 0.25) is 5.91 Å². The third kappa shape index (κ3) is 4.56. The zero-order valence-electron chi connectivity index (χ0n) is 12.3. The zero-order chi connectivity index (χ0) is 14.4. The predicted octanol–water partition coefficient (Wildman–Crippen LogP) is 2.72. The van der Waals surface area contributed by atoms with E-state index in [1.807, 2.05) is 19.1 Å². The molecule has 1 unspecified atom stereocenters. The second kappa shape index (κ2) is 7.14. The molecular weight excluding hydrogens is 238 g/mol. The standard InChI is InChI=1S/C15H25N3O/c1-5-10-18(11(2)3)12(4)15(19)17-14-8-6-13(16)7-9-14/h6-9,11-12H,5,10,16H2,1-4H3,(H,17,19). The molecule has 0 aliphatic heterocycles. The smallest absolute Gasteiger partial charge is 0.241 e. The molecule has 0 aliphatic carbocycles. The van der Waals surface area contributed by atoms with Gasteiger partial charge in [-0.3, -0.25) is 9.69 Å². The monoisotopic (exact) mass is 263 g/mol. The Kier molecular flexibility index (Phi) is 5.83. The first-order valence-corrected chi connectivity index (χ1v) is 6.87. The number of nitrogens with one attached hydrogen (secondary N) is 1. The lowest BCUT2D eigenvalue weighted by atomic mass is 10.2. The summed E-state index contributed by atoms with van der Waals surface area (Å²) in [7, 11) is 0. The van der Waals surface area contributed by atoms with Gasteiger partial charge in [0.25, 0.3) is 0 Å².